The molecule has 2 aromatic carbocycles. The Hall–Kier alpha value is -1.65. The van der Waals surface area contributed by atoms with Gasteiger partial charge in [0.1, 0.15) is 0 Å². The summed E-state index contributed by atoms with van der Waals surface area (Å²) in [6, 6.07) is 10.7. The van der Waals surface area contributed by atoms with Gasteiger partial charge in [-0.25, -0.2) is 4.39 Å². The molecule has 0 heterocycles. The van der Waals surface area contributed by atoms with Crippen molar-refractivity contribution in [2.75, 3.05) is 10.6 Å². The molecule has 0 radical (unpaired) electrons. The molecule has 0 unspecified atom stereocenters. The quantitative estimate of drug-likeness (QED) is 0.771. The van der Waals surface area contributed by atoms with Crippen LogP contribution in [0.5, 0.6) is 0 Å². The maximum absolute atomic E-state index is 13.8. The van der Waals surface area contributed by atoms with E-state index in [-0.39, 0.29) is 10.7 Å². The third kappa shape index (κ3) is 3.46. The number of nitrogens with one attached hydrogen (secondary N) is 2. The molecule has 0 aliphatic heterocycles. The molecule has 0 spiro atoms. The fourth-order valence-corrected chi connectivity index (χ4v) is 2.22. The zero-order valence-corrected chi connectivity index (χ0v) is 12.7. The van der Waals surface area contributed by atoms with Crippen LogP contribution >= 0.6 is 23.8 Å². The average molecular weight is 309 g/mol. The summed E-state index contributed by atoms with van der Waals surface area (Å²) in [5.74, 6) is -0.515. The molecule has 0 aromatic heterocycles. The van der Waals surface area contributed by atoms with Crippen LogP contribution in [0.4, 0.5) is 15.8 Å². The van der Waals surface area contributed by atoms with Gasteiger partial charge in [0.25, 0.3) is 0 Å². The van der Waals surface area contributed by atoms with Gasteiger partial charge in [0.2, 0.25) is 0 Å². The molecular weight excluding hydrogens is 295 g/mol. The fraction of sp³-hybridized carbons (Fsp3) is 0.133. The first-order valence-corrected chi connectivity index (χ1v) is 6.85. The van der Waals surface area contributed by atoms with Crippen molar-refractivity contribution in [2.24, 2.45) is 0 Å². The number of rotatable bonds is 2. The fourth-order valence-electron chi connectivity index (χ4n) is 1.83. The summed E-state index contributed by atoms with van der Waals surface area (Å²) in [5.41, 5.74) is 3.38. The first-order chi connectivity index (χ1) is 9.47. The number of hydrogen-bond donors (Lipinski definition) is 2. The second kappa shape index (κ2) is 6.20. The predicted octanol–water partition coefficient (Wildman–Crippen LogP) is 4.90. The highest BCUT2D eigenvalue weighted by atomic mass is 35.5. The predicted molar refractivity (Wildman–Crippen MR) is 87.2 cm³/mol. The summed E-state index contributed by atoms with van der Waals surface area (Å²) >= 11 is 10.9. The van der Waals surface area contributed by atoms with E-state index in [1.807, 2.05) is 32.0 Å². The van der Waals surface area contributed by atoms with Crippen LogP contribution in [0.25, 0.3) is 0 Å². The molecule has 0 fully saturated rings. The van der Waals surface area contributed by atoms with Crippen molar-refractivity contribution in [2.45, 2.75) is 13.8 Å². The lowest BCUT2D eigenvalue weighted by molar-refractivity contribution is 0.632. The zero-order valence-electron chi connectivity index (χ0n) is 11.1. The minimum absolute atomic E-state index is 0.0596. The van der Waals surface area contributed by atoms with Gasteiger partial charge in [0, 0.05) is 5.69 Å². The molecule has 0 amide bonds. The highest BCUT2D eigenvalue weighted by Gasteiger charge is 2.08. The molecule has 0 saturated carbocycles. The van der Waals surface area contributed by atoms with Gasteiger partial charge in [-0.3, -0.25) is 0 Å². The van der Waals surface area contributed by atoms with Gasteiger partial charge in [-0.1, -0.05) is 35.4 Å². The molecule has 0 saturated heterocycles. The van der Waals surface area contributed by atoms with Crippen LogP contribution in [-0.2, 0) is 0 Å². The first kappa shape index (κ1) is 14.8. The Labute approximate surface area is 128 Å². The Morgan fingerprint density at radius 1 is 1.10 bits per heavy atom. The molecule has 2 N–H and O–H groups in total. The van der Waals surface area contributed by atoms with E-state index in [1.54, 1.807) is 12.1 Å². The van der Waals surface area contributed by atoms with Crippen molar-refractivity contribution >= 4 is 40.3 Å². The molecule has 2 nitrogen and oxygen atoms in total. The lowest BCUT2D eigenvalue weighted by Crippen LogP contribution is -2.20. The maximum Gasteiger partial charge on any atom is 0.175 e. The Morgan fingerprint density at radius 3 is 2.50 bits per heavy atom. The zero-order chi connectivity index (χ0) is 14.7. The lowest BCUT2D eigenvalue weighted by atomic mass is 10.1. The summed E-state index contributed by atoms with van der Waals surface area (Å²) in [6.45, 7) is 4.01. The second-order valence-corrected chi connectivity index (χ2v) is 5.31. The molecule has 104 valence electrons. The molecule has 5 heteroatoms. The summed E-state index contributed by atoms with van der Waals surface area (Å²) in [5, 5.41) is 6.22. The summed E-state index contributed by atoms with van der Waals surface area (Å²) in [6.07, 6.45) is 0. The van der Waals surface area contributed by atoms with Gasteiger partial charge in [-0.2, -0.15) is 0 Å². The Bertz CT molecular complexity index is 658. The van der Waals surface area contributed by atoms with E-state index in [1.165, 1.54) is 11.6 Å². The van der Waals surface area contributed by atoms with Gasteiger partial charge in [0.05, 0.1) is 10.7 Å². The van der Waals surface area contributed by atoms with E-state index in [2.05, 4.69) is 10.6 Å². The van der Waals surface area contributed by atoms with E-state index in [9.17, 15) is 4.39 Å². The molecule has 0 atom stereocenters. The lowest BCUT2D eigenvalue weighted by Gasteiger charge is -2.13. The van der Waals surface area contributed by atoms with Crippen LogP contribution < -0.4 is 10.6 Å². The van der Waals surface area contributed by atoms with Gasteiger partial charge in [-0.15, -0.1) is 0 Å². The monoisotopic (exact) mass is 308 g/mol. The minimum Gasteiger partial charge on any atom is -0.332 e. The van der Waals surface area contributed by atoms with Crippen molar-refractivity contribution in [1.82, 2.24) is 0 Å². The number of anilines is 2. The molecule has 20 heavy (non-hydrogen) atoms. The van der Waals surface area contributed by atoms with Crippen LogP contribution in [0.2, 0.25) is 5.02 Å². The number of hydrogen-bond acceptors (Lipinski definition) is 1. The van der Waals surface area contributed by atoms with E-state index in [4.69, 9.17) is 23.8 Å². The normalized spacial score (nSPS) is 10.2. The maximum atomic E-state index is 13.8. The van der Waals surface area contributed by atoms with Gasteiger partial charge < -0.3 is 10.6 Å². The van der Waals surface area contributed by atoms with Crippen molar-refractivity contribution < 1.29 is 4.39 Å². The van der Waals surface area contributed by atoms with E-state index >= 15 is 0 Å². The van der Waals surface area contributed by atoms with Gasteiger partial charge in [-0.05, 0) is 49.8 Å². The topological polar surface area (TPSA) is 24.1 Å². The summed E-state index contributed by atoms with van der Waals surface area (Å²) in [7, 11) is 0. The minimum atomic E-state index is -0.515. The average Bonchev–Trinajstić information content (AvgIpc) is 2.38. The van der Waals surface area contributed by atoms with Crippen molar-refractivity contribution in [1.29, 1.82) is 0 Å². The van der Waals surface area contributed by atoms with E-state index < -0.39 is 5.82 Å². The number of thiocarbonyl (C=S) groups is 1. The van der Waals surface area contributed by atoms with Crippen LogP contribution in [0.15, 0.2) is 36.4 Å². The van der Waals surface area contributed by atoms with Crippen molar-refractivity contribution in [3.05, 3.63) is 58.4 Å². The number of benzene rings is 2. The molecule has 0 aliphatic carbocycles. The second-order valence-electron chi connectivity index (χ2n) is 4.50. The van der Waals surface area contributed by atoms with Gasteiger partial charge >= 0.3 is 0 Å². The number of aryl methyl sites for hydroxylation is 2. The Kier molecular flexibility index (Phi) is 4.57. The first-order valence-electron chi connectivity index (χ1n) is 6.06. The number of halogens is 2. The van der Waals surface area contributed by atoms with Crippen LogP contribution in [-0.4, -0.2) is 5.11 Å². The van der Waals surface area contributed by atoms with Crippen molar-refractivity contribution in [3.8, 4) is 0 Å². The molecule has 2 rings (SSSR count). The highest BCUT2D eigenvalue weighted by molar-refractivity contribution is 7.80. The molecular formula is C15H14ClFN2S. The third-order valence-electron chi connectivity index (χ3n) is 2.83. The van der Waals surface area contributed by atoms with Crippen molar-refractivity contribution in [3.63, 3.8) is 0 Å². The molecule has 0 aliphatic rings. The summed E-state index contributed by atoms with van der Waals surface area (Å²) < 4.78 is 13.8. The van der Waals surface area contributed by atoms with Crippen LogP contribution in [0.3, 0.4) is 0 Å². The van der Waals surface area contributed by atoms with E-state index in [0.29, 0.717) is 5.11 Å². The van der Waals surface area contributed by atoms with Gasteiger partial charge in [0.15, 0.2) is 10.9 Å². The Morgan fingerprint density at radius 2 is 1.80 bits per heavy atom. The van der Waals surface area contributed by atoms with E-state index in [0.717, 1.165) is 11.3 Å². The largest absolute Gasteiger partial charge is 0.332 e. The van der Waals surface area contributed by atoms with Crippen LogP contribution in [0, 0.1) is 19.7 Å². The SMILES string of the molecule is Cc1ccc(NC(=S)Nc2cccc(Cl)c2F)c(C)c1. The van der Waals surface area contributed by atoms with Crippen LogP contribution in [0.1, 0.15) is 11.1 Å². The smallest absolute Gasteiger partial charge is 0.175 e. The molecule has 0 bridgehead atoms. The third-order valence-corrected chi connectivity index (χ3v) is 3.33. The Balaban J connectivity index is 2.11. The standard InChI is InChI=1S/C15H14ClFN2S/c1-9-6-7-12(10(2)8-9)18-15(20)19-13-5-3-4-11(16)14(13)17/h3-8H,1-2H3,(H2,18,19,20). The highest BCUT2D eigenvalue weighted by Crippen LogP contribution is 2.22. The molecule has 2 aromatic rings. The summed E-state index contributed by atoms with van der Waals surface area (Å²) in [4.78, 5) is 0.